The standard InChI is InChI=1S/C11H19N3O2/c1-14-7-5-9(11(14)16)13-10(15)8-4-2-3-6-12-8/h8-9,12H,2-7H2,1H3,(H,13,15)/t8-,9?/m1/s1. The van der Waals surface area contributed by atoms with Crippen molar-refractivity contribution in [3.05, 3.63) is 0 Å². The summed E-state index contributed by atoms with van der Waals surface area (Å²) >= 11 is 0. The van der Waals surface area contributed by atoms with E-state index in [-0.39, 0.29) is 23.9 Å². The summed E-state index contributed by atoms with van der Waals surface area (Å²) in [6.07, 6.45) is 3.83. The Bertz CT molecular complexity index is 287. The maximum absolute atomic E-state index is 11.9. The molecular formula is C11H19N3O2. The first-order valence-corrected chi connectivity index (χ1v) is 5.97. The van der Waals surface area contributed by atoms with E-state index in [2.05, 4.69) is 10.6 Å². The Morgan fingerprint density at radius 3 is 2.81 bits per heavy atom. The van der Waals surface area contributed by atoms with E-state index < -0.39 is 0 Å². The first-order valence-electron chi connectivity index (χ1n) is 5.97. The molecule has 0 saturated carbocycles. The van der Waals surface area contributed by atoms with Crippen LogP contribution in [0.25, 0.3) is 0 Å². The summed E-state index contributed by atoms with van der Waals surface area (Å²) in [5.74, 6) is 0.0116. The molecule has 16 heavy (non-hydrogen) atoms. The summed E-state index contributed by atoms with van der Waals surface area (Å²) < 4.78 is 0. The van der Waals surface area contributed by atoms with E-state index in [4.69, 9.17) is 0 Å². The van der Waals surface area contributed by atoms with Crippen molar-refractivity contribution < 1.29 is 9.59 Å². The van der Waals surface area contributed by atoms with Crippen molar-refractivity contribution >= 4 is 11.8 Å². The van der Waals surface area contributed by atoms with Gasteiger partial charge >= 0.3 is 0 Å². The highest BCUT2D eigenvalue weighted by atomic mass is 16.2. The Balaban J connectivity index is 1.84. The van der Waals surface area contributed by atoms with Crippen molar-refractivity contribution in [3.8, 4) is 0 Å². The largest absolute Gasteiger partial charge is 0.344 e. The van der Waals surface area contributed by atoms with Crippen LogP contribution in [-0.4, -0.2) is 48.9 Å². The first-order chi connectivity index (χ1) is 7.68. The van der Waals surface area contributed by atoms with Gasteiger partial charge in [0.2, 0.25) is 11.8 Å². The van der Waals surface area contributed by atoms with E-state index in [0.29, 0.717) is 0 Å². The molecule has 0 aromatic heterocycles. The topological polar surface area (TPSA) is 61.4 Å². The number of likely N-dealkylation sites (tertiary alicyclic amines) is 1. The van der Waals surface area contributed by atoms with E-state index in [1.165, 1.54) is 0 Å². The molecule has 1 unspecified atom stereocenters. The van der Waals surface area contributed by atoms with Gasteiger partial charge < -0.3 is 15.5 Å². The van der Waals surface area contributed by atoms with Crippen LogP contribution in [0.5, 0.6) is 0 Å². The minimum Gasteiger partial charge on any atom is -0.344 e. The van der Waals surface area contributed by atoms with Gasteiger partial charge in [0.1, 0.15) is 6.04 Å². The van der Waals surface area contributed by atoms with E-state index in [9.17, 15) is 9.59 Å². The normalized spacial score (nSPS) is 30.6. The molecule has 2 N–H and O–H groups in total. The van der Waals surface area contributed by atoms with E-state index >= 15 is 0 Å². The van der Waals surface area contributed by atoms with Crippen molar-refractivity contribution in [3.63, 3.8) is 0 Å². The average molecular weight is 225 g/mol. The molecule has 2 atom stereocenters. The van der Waals surface area contributed by atoms with Gasteiger partial charge in [-0.3, -0.25) is 9.59 Å². The van der Waals surface area contributed by atoms with Crippen LogP contribution in [0.2, 0.25) is 0 Å². The van der Waals surface area contributed by atoms with Crippen LogP contribution in [0.4, 0.5) is 0 Å². The summed E-state index contributed by atoms with van der Waals surface area (Å²) in [6.45, 7) is 1.64. The zero-order chi connectivity index (χ0) is 11.5. The van der Waals surface area contributed by atoms with Gasteiger partial charge in [0.15, 0.2) is 0 Å². The van der Waals surface area contributed by atoms with E-state index in [1.807, 2.05) is 0 Å². The number of piperidine rings is 1. The van der Waals surface area contributed by atoms with Crippen LogP contribution < -0.4 is 10.6 Å². The highest BCUT2D eigenvalue weighted by Gasteiger charge is 2.32. The van der Waals surface area contributed by atoms with Crippen molar-refractivity contribution in [1.82, 2.24) is 15.5 Å². The van der Waals surface area contributed by atoms with Gasteiger partial charge in [-0.1, -0.05) is 6.42 Å². The number of carbonyl (C=O) groups is 2. The van der Waals surface area contributed by atoms with Gasteiger partial charge in [0, 0.05) is 13.6 Å². The fourth-order valence-corrected chi connectivity index (χ4v) is 2.30. The van der Waals surface area contributed by atoms with Crippen molar-refractivity contribution in [2.45, 2.75) is 37.8 Å². The Morgan fingerprint density at radius 1 is 1.44 bits per heavy atom. The Labute approximate surface area is 95.6 Å². The molecule has 0 aromatic rings. The summed E-state index contributed by atoms with van der Waals surface area (Å²) in [5.41, 5.74) is 0. The molecule has 0 aliphatic carbocycles. The fraction of sp³-hybridized carbons (Fsp3) is 0.818. The van der Waals surface area contributed by atoms with Gasteiger partial charge in [-0.25, -0.2) is 0 Å². The molecule has 0 radical (unpaired) electrons. The molecule has 0 aromatic carbocycles. The third-order valence-corrected chi connectivity index (χ3v) is 3.37. The fourth-order valence-electron chi connectivity index (χ4n) is 2.30. The highest BCUT2D eigenvalue weighted by Crippen LogP contribution is 2.11. The molecule has 2 aliphatic heterocycles. The van der Waals surface area contributed by atoms with Crippen LogP contribution in [-0.2, 0) is 9.59 Å². The molecule has 2 heterocycles. The minimum absolute atomic E-state index is 0.0200. The molecule has 5 nitrogen and oxygen atoms in total. The number of nitrogens with zero attached hydrogens (tertiary/aromatic N) is 1. The number of likely N-dealkylation sites (N-methyl/N-ethyl adjacent to an activating group) is 1. The minimum atomic E-state index is -0.304. The van der Waals surface area contributed by atoms with Crippen LogP contribution in [0, 0.1) is 0 Å². The molecule has 0 bridgehead atoms. The number of amides is 2. The molecule has 2 rings (SSSR count). The van der Waals surface area contributed by atoms with E-state index in [0.717, 1.165) is 38.8 Å². The molecule has 90 valence electrons. The number of rotatable bonds is 2. The predicted octanol–water partition coefficient (Wildman–Crippen LogP) is -0.525. The molecular weight excluding hydrogens is 206 g/mol. The summed E-state index contributed by atoms with van der Waals surface area (Å²) in [5, 5.41) is 6.02. The number of nitrogens with one attached hydrogen (secondary N) is 2. The van der Waals surface area contributed by atoms with Gasteiger partial charge in [-0.2, -0.15) is 0 Å². The Kier molecular flexibility index (Phi) is 3.43. The molecule has 5 heteroatoms. The van der Waals surface area contributed by atoms with Crippen LogP contribution in [0.3, 0.4) is 0 Å². The first kappa shape index (κ1) is 11.4. The van der Waals surface area contributed by atoms with Gasteiger partial charge in [-0.15, -0.1) is 0 Å². The smallest absolute Gasteiger partial charge is 0.244 e. The van der Waals surface area contributed by atoms with Crippen LogP contribution in [0.15, 0.2) is 0 Å². The number of carbonyl (C=O) groups excluding carboxylic acids is 2. The van der Waals surface area contributed by atoms with Crippen LogP contribution in [0.1, 0.15) is 25.7 Å². The maximum Gasteiger partial charge on any atom is 0.244 e. The third kappa shape index (κ3) is 2.35. The second-order valence-electron chi connectivity index (χ2n) is 4.61. The van der Waals surface area contributed by atoms with Gasteiger partial charge in [0.05, 0.1) is 6.04 Å². The molecule has 2 amide bonds. The second-order valence-corrected chi connectivity index (χ2v) is 4.61. The zero-order valence-corrected chi connectivity index (χ0v) is 9.66. The summed E-state index contributed by atoms with van der Waals surface area (Å²) in [7, 11) is 1.77. The lowest BCUT2D eigenvalue weighted by Crippen LogP contribution is -2.51. The summed E-state index contributed by atoms with van der Waals surface area (Å²) in [4.78, 5) is 25.1. The van der Waals surface area contributed by atoms with Crippen molar-refractivity contribution in [1.29, 1.82) is 0 Å². The quantitative estimate of drug-likeness (QED) is 0.664. The third-order valence-electron chi connectivity index (χ3n) is 3.37. The SMILES string of the molecule is CN1CCC(NC(=O)[C@H]2CCCCN2)C1=O. The Hall–Kier alpha value is -1.10. The second kappa shape index (κ2) is 4.82. The molecule has 2 fully saturated rings. The summed E-state index contributed by atoms with van der Waals surface area (Å²) in [6, 6.07) is -0.409. The number of hydrogen-bond donors (Lipinski definition) is 2. The molecule has 0 spiro atoms. The van der Waals surface area contributed by atoms with Gasteiger partial charge in [0.25, 0.3) is 0 Å². The van der Waals surface area contributed by atoms with Crippen LogP contribution >= 0.6 is 0 Å². The lowest BCUT2D eigenvalue weighted by atomic mass is 10.0. The number of hydrogen-bond acceptors (Lipinski definition) is 3. The van der Waals surface area contributed by atoms with Gasteiger partial charge in [-0.05, 0) is 25.8 Å². The lowest BCUT2D eigenvalue weighted by Gasteiger charge is -2.23. The predicted molar refractivity (Wildman–Crippen MR) is 59.8 cm³/mol. The van der Waals surface area contributed by atoms with Crippen molar-refractivity contribution in [2.24, 2.45) is 0 Å². The molecule has 2 saturated heterocycles. The molecule has 2 aliphatic rings. The zero-order valence-electron chi connectivity index (χ0n) is 9.66. The maximum atomic E-state index is 11.9. The van der Waals surface area contributed by atoms with E-state index in [1.54, 1.807) is 11.9 Å². The Morgan fingerprint density at radius 2 is 2.25 bits per heavy atom. The van der Waals surface area contributed by atoms with Crippen molar-refractivity contribution in [2.75, 3.05) is 20.1 Å². The highest BCUT2D eigenvalue weighted by molar-refractivity contribution is 5.90. The lowest BCUT2D eigenvalue weighted by molar-refractivity contribution is -0.132. The average Bonchev–Trinajstić information content (AvgIpc) is 2.62. The monoisotopic (exact) mass is 225 g/mol.